The Kier molecular flexibility index (Phi) is 7.02. The fourth-order valence-electron chi connectivity index (χ4n) is 2.68. The van der Waals surface area contributed by atoms with Gasteiger partial charge >= 0.3 is 0 Å². The van der Waals surface area contributed by atoms with Crippen molar-refractivity contribution in [1.82, 2.24) is 20.1 Å². The van der Waals surface area contributed by atoms with E-state index in [1.54, 1.807) is 35.2 Å². The summed E-state index contributed by atoms with van der Waals surface area (Å²) in [7, 11) is 1.82. The summed E-state index contributed by atoms with van der Waals surface area (Å²) in [6.07, 6.45) is 1.59. The molecule has 0 unspecified atom stereocenters. The van der Waals surface area contributed by atoms with Gasteiger partial charge in [-0.05, 0) is 35.7 Å². The predicted octanol–water partition coefficient (Wildman–Crippen LogP) is 3.08. The summed E-state index contributed by atoms with van der Waals surface area (Å²) >= 11 is 1.31. The number of anilines is 1. The van der Waals surface area contributed by atoms with Crippen LogP contribution < -0.4 is 10.6 Å². The first kappa shape index (κ1) is 20.6. The fraction of sp³-hybridized carbons (Fsp3) is 0.238. The van der Waals surface area contributed by atoms with Crippen molar-refractivity contribution in [2.45, 2.75) is 18.0 Å². The molecule has 1 aromatic heterocycles. The van der Waals surface area contributed by atoms with Crippen LogP contribution >= 0.6 is 11.8 Å². The van der Waals surface area contributed by atoms with Crippen LogP contribution in [0.15, 0.2) is 66.1 Å². The number of carbonyl (C=O) groups excluding carboxylic acids is 2. The largest absolute Gasteiger partial charge is 0.351 e. The van der Waals surface area contributed by atoms with E-state index in [1.165, 1.54) is 17.3 Å². The molecule has 0 radical (unpaired) electrons. The summed E-state index contributed by atoms with van der Waals surface area (Å²) in [6, 6.07) is 16.9. The molecule has 0 bridgehead atoms. The van der Waals surface area contributed by atoms with Gasteiger partial charge in [-0.25, -0.2) is 0 Å². The smallest absolute Gasteiger partial charge is 0.251 e. The van der Waals surface area contributed by atoms with E-state index < -0.39 is 0 Å². The van der Waals surface area contributed by atoms with Crippen molar-refractivity contribution < 1.29 is 9.59 Å². The average Bonchev–Trinajstić information content (AvgIpc) is 3.16. The van der Waals surface area contributed by atoms with Crippen molar-refractivity contribution in [3.8, 4) is 0 Å². The zero-order valence-electron chi connectivity index (χ0n) is 16.3. The maximum atomic E-state index is 12.4. The minimum atomic E-state index is -0.146. The van der Waals surface area contributed by atoms with Gasteiger partial charge in [0.1, 0.15) is 6.33 Å². The number of thioether (sulfide) groups is 1. The molecule has 0 aliphatic heterocycles. The van der Waals surface area contributed by atoms with Gasteiger partial charge < -0.3 is 15.2 Å². The highest BCUT2D eigenvalue weighted by Gasteiger charge is 2.11. The normalized spacial score (nSPS) is 11.7. The van der Waals surface area contributed by atoms with E-state index in [4.69, 9.17) is 0 Å². The zero-order valence-corrected chi connectivity index (χ0v) is 17.1. The molecule has 2 aromatic carbocycles. The Morgan fingerprint density at radius 1 is 1.10 bits per heavy atom. The summed E-state index contributed by atoms with van der Waals surface area (Å²) in [5.74, 6) is 0.173. The second-order valence-corrected chi connectivity index (χ2v) is 7.60. The molecule has 2 amide bonds. The van der Waals surface area contributed by atoms with E-state index in [-0.39, 0.29) is 23.5 Å². The third-order valence-corrected chi connectivity index (χ3v) is 5.40. The van der Waals surface area contributed by atoms with Crippen molar-refractivity contribution in [2.75, 3.05) is 17.6 Å². The van der Waals surface area contributed by atoms with Gasteiger partial charge in [0.2, 0.25) is 5.91 Å². The van der Waals surface area contributed by atoms with Crippen LogP contribution in [0.1, 0.15) is 28.8 Å². The standard InChI is InChI=1S/C21H23N5O2S/c1-15(16-6-4-3-5-7-16)12-22-20(28)17-8-10-18(11-9-17)24-19(27)13-29-21-25-23-14-26(21)2/h3-11,14-15H,12-13H2,1-2H3,(H,22,28)(H,24,27)/t15-/m0/s1. The van der Waals surface area contributed by atoms with E-state index >= 15 is 0 Å². The Bertz CT molecular complexity index is 957. The second-order valence-electron chi connectivity index (χ2n) is 6.66. The minimum absolute atomic E-state index is 0.136. The van der Waals surface area contributed by atoms with Crippen molar-refractivity contribution in [3.63, 3.8) is 0 Å². The Morgan fingerprint density at radius 2 is 1.83 bits per heavy atom. The molecule has 2 N–H and O–H groups in total. The predicted molar refractivity (Wildman–Crippen MR) is 114 cm³/mol. The molecule has 0 fully saturated rings. The minimum Gasteiger partial charge on any atom is -0.351 e. The third kappa shape index (κ3) is 5.92. The van der Waals surface area contributed by atoms with Crippen LogP contribution in [0.4, 0.5) is 5.69 Å². The molecule has 1 atom stereocenters. The molecule has 3 aromatic rings. The summed E-state index contributed by atoms with van der Waals surface area (Å²) in [5, 5.41) is 14.1. The number of aromatic nitrogens is 3. The highest BCUT2D eigenvalue weighted by Crippen LogP contribution is 2.16. The fourth-order valence-corrected chi connectivity index (χ4v) is 3.37. The number of carbonyl (C=O) groups is 2. The van der Waals surface area contributed by atoms with Crippen LogP contribution in [0, 0.1) is 0 Å². The maximum Gasteiger partial charge on any atom is 0.251 e. The van der Waals surface area contributed by atoms with Gasteiger partial charge in [-0.15, -0.1) is 10.2 Å². The van der Waals surface area contributed by atoms with E-state index in [0.717, 1.165) is 0 Å². The van der Waals surface area contributed by atoms with E-state index in [1.807, 2.05) is 25.2 Å². The Labute approximate surface area is 173 Å². The van der Waals surface area contributed by atoms with Gasteiger partial charge in [0.05, 0.1) is 5.75 Å². The van der Waals surface area contributed by atoms with Crippen LogP contribution in [-0.4, -0.2) is 38.9 Å². The van der Waals surface area contributed by atoms with Crippen LogP contribution in [0.3, 0.4) is 0 Å². The molecule has 0 saturated heterocycles. The van der Waals surface area contributed by atoms with Crippen LogP contribution in [0.5, 0.6) is 0 Å². The topological polar surface area (TPSA) is 88.9 Å². The number of amides is 2. The Morgan fingerprint density at radius 3 is 2.48 bits per heavy atom. The molecule has 1 heterocycles. The first-order valence-electron chi connectivity index (χ1n) is 9.23. The Balaban J connectivity index is 1.47. The summed E-state index contributed by atoms with van der Waals surface area (Å²) < 4.78 is 1.75. The van der Waals surface area contributed by atoms with Crippen molar-refractivity contribution in [2.24, 2.45) is 7.05 Å². The SMILES string of the molecule is C[C@@H](CNC(=O)c1ccc(NC(=O)CSc2nncn2C)cc1)c1ccccc1. The molecule has 0 aliphatic rings. The average molecular weight is 410 g/mol. The van der Waals surface area contributed by atoms with Crippen LogP contribution in [-0.2, 0) is 11.8 Å². The number of nitrogens with one attached hydrogen (secondary N) is 2. The molecule has 8 heteroatoms. The lowest BCUT2D eigenvalue weighted by Crippen LogP contribution is -2.27. The van der Waals surface area contributed by atoms with E-state index in [9.17, 15) is 9.59 Å². The first-order valence-corrected chi connectivity index (χ1v) is 10.2. The molecule has 0 aliphatic carbocycles. The number of hydrogen-bond donors (Lipinski definition) is 2. The first-order chi connectivity index (χ1) is 14.0. The molecular weight excluding hydrogens is 386 g/mol. The number of aryl methyl sites for hydroxylation is 1. The lowest BCUT2D eigenvalue weighted by Gasteiger charge is -2.13. The highest BCUT2D eigenvalue weighted by atomic mass is 32.2. The molecule has 150 valence electrons. The molecule has 0 spiro atoms. The molecule has 7 nitrogen and oxygen atoms in total. The van der Waals surface area contributed by atoms with Gasteiger partial charge in [0.15, 0.2) is 5.16 Å². The van der Waals surface area contributed by atoms with Gasteiger partial charge in [0, 0.05) is 24.8 Å². The van der Waals surface area contributed by atoms with Crippen molar-refractivity contribution >= 4 is 29.3 Å². The molecule has 29 heavy (non-hydrogen) atoms. The molecule has 0 saturated carbocycles. The van der Waals surface area contributed by atoms with Gasteiger partial charge in [-0.1, -0.05) is 49.0 Å². The third-order valence-electron chi connectivity index (χ3n) is 4.37. The lowest BCUT2D eigenvalue weighted by atomic mass is 10.0. The molecular formula is C21H23N5O2S. The van der Waals surface area contributed by atoms with Crippen molar-refractivity contribution in [3.05, 3.63) is 72.1 Å². The number of benzene rings is 2. The molecule has 3 rings (SSSR count). The van der Waals surface area contributed by atoms with E-state index in [0.29, 0.717) is 23.0 Å². The highest BCUT2D eigenvalue weighted by molar-refractivity contribution is 7.99. The van der Waals surface area contributed by atoms with Crippen molar-refractivity contribution in [1.29, 1.82) is 0 Å². The Hall–Kier alpha value is -3.13. The van der Waals surface area contributed by atoms with Gasteiger partial charge in [-0.3, -0.25) is 9.59 Å². The quantitative estimate of drug-likeness (QED) is 0.558. The van der Waals surface area contributed by atoms with Crippen LogP contribution in [0.2, 0.25) is 0 Å². The van der Waals surface area contributed by atoms with Gasteiger partial charge in [-0.2, -0.15) is 0 Å². The van der Waals surface area contributed by atoms with Crippen LogP contribution in [0.25, 0.3) is 0 Å². The number of rotatable bonds is 8. The summed E-state index contributed by atoms with van der Waals surface area (Å²) in [5.41, 5.74) is 2.38. The monoisotopic (exact) mass is 409 g/mol. The van der Waals surface area contributed by atoms with E-state index in [2.05, 4.69) is 39.9 Å². The number of nitrogens with zero attached hydrogens (tertiary/aromatic N) is 3. The maximum absolute atomic E-state index is 12.4. The number of hydrogen-bond acceptors (Lipinski definition) is 5. The summed E-state index contributed by atoms with van der Waals surface area (Å²) in [6.45, 7) is 2.63. The summed E-state index contributed by atoms with van der Waals surface area (Å²) in [4.78, 5) is 24.4. The second kappa shape index (κ2) is 9.88. The zero-order chi connectivity index (χ0) is 20.6. The van der Waals surface area contributed by atoms with Gasteiger partial charge in [0.25, 0.3) is 5.91 Å². The lowest BCUT2D eigenvalue weighted by molar-refractivity contribution is -0.113.